The van der Waals surface area contributed by atoms with Gasteiger partial charge in [0, 0.05) is 24.3 Å². The molecule has 0 amide bonds. The third-order valence-corrected chi connectivity index (χ3v) is 7.96. The van der Waals surface area contributed by atoms with Gasteiger partial charge in [0.05, 0.1) is 12.2 Å². The van der Waals surface area contributed by atoms with Crippen molar-refractivity contribution in [2.75, 3.05) is 5.75 Å². The molecule has 0 N–H and O–H groups in total. The zero-order valence-electron chi connectivity index (χ0n) is 16.4. The Morgan fingerprint density at radius 3 is 2.79 bits per heavy atom. The summed E-state index contributed by atoms with van der Waals surface area (Å²) >= 11 is 0. The van der Waals surface area contributed by atoms with E-state index in [9.17, 15) is 9.59 Å². The molecule has 4 nitrogen and oxygen atoms in total. The first-order valence-corrected chi connectivity index (χ1v) is 11.2. The minimum atomic E-state index is -0.266. The highest BCUT2D eigenvalue weighted by Crippen LogP contribution is 2.59. The van der Waals surface area contributed by atoms with Crippen molar-refractivity contribution in [3.63, 3.8) is 0 Å². The number of rotatable bonds is 6. The number of ether oxygens (including phenoxy) is 1. The molecular formula is C23H26O4S. The Hall–Kier alpha value is -2.14. The molecule has 4 rings (SSSR count). The Morgan fingerprint density at radius 1 is 1.29 bits per heavy atom. The molecule has 3 atom stereocenters. The number of carbonyl (C=O) groups excluding carboxylic acids is 2. The van der Waals surface area contributed by atoms with Crippen LogP contribution in [0.2, 0.25) is 0 Å². The monoisotopic (exact) mass is 398 g/mol. The third kappa shape index (κ3) is 4.00. The first-order valence-electron chi connectivity index (χ1n) is 9.79. The second kappa shape index (κ2) is 7.70. The number of carbonyl (C=O) groups is 2. The van der Waals surface area contributed by atoms with Crippen LogP contribution in [0, 0.1) is 17.3 Å². The minimum absolute atomic E-state index is 0.123. The molecule has 1 aromatic heterocycles. The highest BCUT2D eigenvalue weighted by molar-refractivity contribution is 8.28. The third-order valence-electron chi connectivity index (χ3n) is 5.82. The molecule has 1 aliphatic heterocycles. The maximum absolute atomic E-state index is 12.6. The molecule has 0 radical (unpaired) electrons. The van der Waals surface area contributed by atoms with E-state index in [1.165, 1.54) is 5.56 Å². The average molecular weight is 399 g/mol. The normalized spacial score (nSPS) is 25.8. The fraction of sp³-hybridized carbons (Fsp3) is 0.435. The van der Waals surface area contributed by atoms with Crippen LogP contribution in [-0.2, 0) is 27.4 Å². The molecular weight excluding hydrogens is 372 g/mol. The largest absolute Gasteiger partial charge is 0.469 e. The van der Waals surface area contributed by atoms with Gasteiger partial charge in [0.1, 0.15) is 12.4 Å². The van der Waals surface area contributed by atoms with Crippen LogP contribution >= 0.6 is 10.5 Å². The van der Waals surface area contributed by atoms with Crippen molar-refractivity contribution in [2.24, 2.45) is 17.3 Å². The van der Waals surface area contributed by atoms with Crippen LogP contribution in [0.1, 0.15) is 43.6 Å². The van der Waals surface area contributed by atoms with E-state index in [-0.39, 0.29) is 40.3 Å². The van der Waals surface area contributed by atoms with Crippen molar-refractivity contribution in [3.8, 4) is 0 Å². The molecule has 2 aromatic rings. The Kier molecular flexibility index (Phi) is 5.28. The summed E-state index contributed by atoms with van der Waals surface area (Å²) in [5.74, 6) is 1.63. The van der Waals surface area contributed by atoms with Crippen molar-refractivity contribution >= 4 is 26.9 Å². The summed E-state index contributed by atoms with van der Waals surface area (Å²) in [6.07, 6.45) is 4.05. The minimum Gasteiger partial charge on any atom is -0.469 e. The van der Waals surface area contributed by atoms with Gasteiger partial charge in [-0.3, -0.25) is 9.59 Å². The van der Waals surface area contributed by atoms with Gasteiger partial charge in [-0.1, -0.05) is 44.2 Å². The Labute approximate surface area is 168 Å². The van der Waals surface area contributed by atoms with Gasteiger partial charge in [-0.2, -0.15) is 0 Å². The van der Waals surface area contributed by atoms with E-state index in [0.717, 1.165) is 29.9 Å². The summed E-state index contributed by atoms with van der Waals surface area (Å²) in [6, 6.07) is 12.1. The Morgan fingerprint density at radius 2 is 2.07 bits per heavy atom. The summed E-state index contributed by atoms with van der Waals surface area (Å²) < 4.78 is 11.2. The number of hydrogen-bond acceptors (Lipinski definition) is 4. The van der Waals surface area contributed by atoms with E-state index >= 15 is 0 Å². The van der Waals surface area contributed by atoms with Crippen molar-refractivity contribution < 1.29 is 18.7 Å². The van der Waals surface area contributed by atoms with Gasteiger partial charge in [0.2, 0.25) is 0 Å². The van der Waals surface area contributed by atoms with Gasteiger partial charge >= 0.3 is 5.97 Å². The van der Waals surface area contributed by atoms with Crippen LogP contribution in [0.5, 0.6) is 0 Å². The second-order valence-electron chi connectivity index (χ2n) is 8.26. The molecule has 1 unspecified atom stereocenters. The number of esters is 1. The maximum atomic E-state index is 12.6. The lowest BCUT2D eigenvalue weighted by molar-refractivity contribution is -0.147. The van der Waals surface area contributed by atoms with Crippen LogP contribution < -0.4 is 0 Å². The summed E-state index contributed by atoms with van der Waals surface area (Å²) in [4.78, 5) is 24.5. The van der Waals surface area contributed by atoms with Crippen molar-refractivity contribution in [2.45, 2.75) is 39.7 Å². The molecule has 2 fully saturated rings. The van der Waals surface area contributed by atoms with Gasteiger partial charge in [0.25, 0.3) is 0 Å². The highest BCUT2D eigenvalue weighted by atomic mass is 32.2. The fourth-order valence-electron chi connectivity index (χ4n) is 3.96. The maximum Gasteiger partial charge on any atom is 0.310 e. The second-order valence-corrected chi connectivity index (χ2v) is 10.3. The molecule has 0 bridgehead atoms. The lowest BCUT2D eigenvalue weighted by Crippen LogP contribution is -2.10. The standard InChI is InChI=1S/C23H26O4S/c1-23(2)19(15-28-10-6-9-20(28)24)21(23)22(25)27-14-17-12-18(26-13-17)11-16-7-4-3-5-8-16/h3-5,7-8,12-13,15,19,21H,6,9-11,14H2,1-2H3/t19-,21-,28?/m0/s1. The first kappa shape index (κ1) is 19.2. The van der Waals surface area contributed by atoms with Crippen molar-refractivity contribution in [1.29, 1.82) is 0 Å². The van der Waals surface area contributed by atoms with E-state index in [0.29, 0.717) is 11.5 Å². The summed E-state index contributed by atoms with van der Waals surface area (Å²) in [5.41, 5.74) is 1.92. The number of benzene rings is 1. The quantitative estimate of drug-likeness (QED) is 0.528. The molecule has 2 heterocycles. The molecule has 1 saturated heterocycles. The van der Waals surface area contributed by atoms with Crippen LogP contribution in [0.3, 0.4) is 0 Å². The summed E-state index contributed by atoms with van der Waals surface area (Å²) in [6.45, 7) is 4.39. The lowest BCUT2D eigenvalue weighted by atomic mass is 10.1. The van der Waals surface area contributed by atoms with Gasteiger partial charge < -0.3 is 9.15 Å². The average Bonchev–Trinajstić information content (AvgIpc) is 3.03. The molecule has 0 spiro atoms. The smallest absolute Gasteiger partial charge is 0.310 e. The number of furan rings is 1. The summed E-state index contributed by atoms with van der Waals surface area (Å²) in [7, 11) is -0.266. The molecule has 5 heteroatoms. The van der Waals surface area contributed by atoms with Crippen LogP contribution in [-0.4, -0.2) is 22.2 Å². The predicted octanol–water partition coefficient (Wildman–Crippen LogP) is 4.58. The van der Waals surface area contributed by atoms with E-state index in [1.54, 1.807) is 6.26 Å². The van der Waals surface area contributed by atoms with E-state index in [2.05, 4.69) is 31.3 Å². The van der Waals surface area contributed by atoms with E-state index in [1.807, 2.05) is 24.3 Å². The van der Waals surface area contributed by atoms with Crippen molar-refractivity contribution in [3.05, 3.63) is 59.5 Å². The molecule has 1 aromatic carbocycles. The van der Waals surface area contributed by atoms with Gasteiger partial charge in [-0.05, 0) is 34.6 Å². The summed E-state index contributed by atoms with van der Waals surface area (Å²) in [5, 5.41) is 2.48. The van der Waals surface area contributed by atoms with Gasteiger partial charge in [0.15, 0.2) is 5.12 Å². The molecule has 1 saturated carbocycles. The number of hydrogen-bond donors (Lipinski definition) is 0. The highest BCUT2D eigenvalue weighted by Gasteiger charge is 2.61. The van der Waals surface area contributed by atoms with E-state index < -0.39 is 0 Å². The Bertz CT molecular complexity index is 910. The zero-order chi connectivity index (χ0) is 19.7. The van der Waals surface area contributed by atoms with Crippen LogP contribution in [0.25, 0.3) is 0 Å². The molecule has 2 aliphatic rings. The topological polar surface area (TPSA) is 56.5 Å². The van der Waals surface area contributed by atoms with E-state index in [4.69, 9.17) is 9.15 Å². The Balaban J connectivity index is 1.33. The first-order chi connectivity index (χ1) is 13.4. The molecule has 1 aliphatic carbocycles. The van der Waals surface area contributed by atoms with Crippen LogP contribution in [0.4, 0.5) is 0 Å². The van der Waals surface area contributed by atoms with Crippen molar-refractivity contribution in [1.82, 2.24) is 0 Å². The van der Waals surface area contributed by atoms with Crippen LogP contribution in [0.15, 0.2) is 47.1 Å². The van der Waals surface area contributed by atoms with Gasteiger partial charge in [-0.15, -0.1) is 10.5 Å². The molecule has 28 heavy (non-hydrogen) atoms. The predicted molar refractivity (Wildman–Crippen MR) is 111 cm³/mol. The fourth-order valence-corrected chi connectivity index (χ4v) is 6.19. The van der Waals surface area contributed by atoms with Gasteiger partial charge in [-0.25, -0.2) is 0 Å². The zero-order valence-corrected chi connectivity index (χ0v) is 17.2. The lowest BCUT2D eigenvalue weighted by Gasteiger charge is -2.03. The SMILES string of the molecule is CC1(C)[C@H](C(=O)OCc2coc(Cc3ccccc3)c2)[C@@H]1/C=S1\CCCC1=O. The molecule has 148 valence electrons.